The van der Waals surface area contributed by atoms with E-state index in [-0.39, 0.29) is 6.04 Å². The monoisotopic (exact) mass is 324 g/mol. The Hall–Kier alpha value is -1.24. The van der Waals surface area contributed by atoms with Crippen LogP contribution >= 0.6 is 15.9 Å². The van der Waals surface area contributed by atoms with Crippen LogP contribution in [0, 0.1) is 0 Å². The first kappa shape index (κ1) is 14.2. The smallest absolute Gasteiger partial charge is 0.149 e. The summed E-state index contributed by atoms with van der Waals surface area (Å²) in [5.41, 5.74) is 0.882. The molecular weight excluding hydrogens is 308 g/mol. The summed E-state index contributed by atoms with van der Waals surface area (Å²) in [4.78, 5) is 0. The second kappa shape index (κ2) is 6.27. The molecule has 0 bridgehead atoms. The quantitative estimate of drug-likeness (QED) is 0.882. The molecule has 2 atom stereocenters. The Kier molecular flexibility index (Phi) is 4.68. The van der Waals surface area contributed by atoms with Gasteiger partial charge >= 0.3 is 0 Å². The Balaban J connectivity index is 1.94. The van der Waals surface area contributed by atoms with E-state index in [2.05, 4.69) is 31.4 Å². The first-order chi connectivity index (χ1) is 9.08. The molecule has 0 amide bonds. The average molecular weight is 325 g/mol. The first-order valence-corrected chi connectivity index (χ1v) is 6.88. The Morgan fingerprint density at radius 3 is 2.89 bits per heavy atom. The summed E-state index contributed by atoms with van der Waals surface area (Å²) < 4.78 is 2.83. The van der Waals surface area contributed by atoms with Crippen LogP contribution in [0.15, 0.2) is 35.1 Å². The molecule has 2 aromatic rings. The fourth-order valence-electron chi connectivity index (χ4n) is 1.90. The van der Waals surface area contributed by atoms with Crippen molar-refractivity contribution in [2.24, 2.45) is 7.05 Å². The van der Waals surface area contributed by atoms with Crippen molar-refractivity contribution in [1.29, 1.82) is 0 Å². The number of aliphatic hydroxyl groups is 1. The number of halogens is 1. The maximum absolute atomic E-state index is 10.1. The van der Waals surface area contributed by atoms with Gasteiger partial charge in [0.25, 0.3) is 0 Å². The van der Waals surface area contributed by atoms with Gasteiger partial charge in [0, 0.05) is 18.1 Å². The van der Waals surface area contributed by atoms with Gasteiger partial charge in [-0.05, 0) is 24.6 Å². The molecule has 0 saturated heterocycles. The van der Waals surface area contributed by atoms with E-state index in [1.807, 2.05) is 42.8 Å². The fourth-order valence-corrected chi connectivity index (χ4v) is 2.31. The Morgan fingerprint density at radius 1 is 1.47 bits per heavy atom. The minimum absolute atomic E-state index is 0.0364. The molecule has 2 N–H and O–H groups in total. The van der Waals surface area contributed by atoms with Gasteiger partial charge in [-0.15, -0.1) is 10.2 Å². The lowest BCUT2D eigenvalue weighted by atomic mass is 10.1. The predicted octanol–water partition coefficient (Wildman–Crippen LogP) is 1.96. The molecule has 0 spiro atoms. The zero-order valence-corrected chi connectivity index (χ0v) is 12.5. The van der Waals surface area contributed by atoms with Gasteiger partial charge in [-0.3, -0.25) is 0 Å². The van der Waals surface area contributed by atoms with E-state index in [0.717, 1.165) is 15.9 Å². The summed E-state index contributed by atoms with van der Waals surface area (Å²) >= 11 is 3.40. The standard InChI is InChI=1S/C13H17BrN4O/c1-9(13-17-16-8-18(13)2)15-7-12(19)10-4-3-5-11(14)6-10/h3-6,8-9,12,15,19H,7H2,1-2H3. The number of aryl methyl sites for hydroxylation is 1. The summed E-state index contributed by atoms with van der Waals surface area (Å²) in [5, 5.41) is 21.3. The number of aromatic nitrogens is 3. The number of nitrogens with one attached hydrogen (secondary N) is 1. The van der Waals surface area contributed by atoms with E-state index in [1.165, 1.54) is 0 Å². The maximum atomic E-state index is 10.1. The third kappa shape index (κ3) is 3.62. The van der Waals surface area contributed by atoms with Crippen molar-refractivity contribution in [2.75, 3.05) is 6.54 Å². The third-order valence-electron chi connectivity index (χ3n) is 2.98. The van der Waals surface area contributed by atoms with Crippen molar-refractivity contribution in [3.05, 3.63) is 46.5 Å². The Morgan fingerprint density at radius 2 is 2.26 bits per heavy atom. The summed E-state index contributed by atoms with van der Waals surface area (Å²) in [6.45, 7) is 2.46. The molecule has 0 aliphatic heterocycles. The highest BCUT2D eigenvalue weighted by molar-refractivity contribution is 9.10. The molecule has 0 fully saturated rings. The van der Waals surface area contributed by atoms with Gasteiger partial charge in [0.05, 0.1) is 12.1 Å². The Bertz CT molecular complexity index is 543. The number of hydrogen-bond donors (Lipinski definition) is 2. The molecule has 0 aliphatic rings. The second-order valence-electron chi connectivity index (χ2n) is 4.50. The van der Waals surface area contributed by atoms with Crippen LogP contribution in [0.1, 0.15) is 30.5 Å². The lowest BCUT2D eigenvalue weighted by Gasteiger charge is -2.17. The van der Waals surface area contributed by atoms with Crippen LogP contribution in [-0.4, -0.2) is 26.4 Å². The van der Waals surface area contributed by atoms with Crippen LogP contribution in [0.4, 0.5) is 0 Å². The molecule has 19 heavy (non-hydrogen) atoms. The van der Waals surface area contributed by atoms with Crippen LogP contribution in [0.3, 0.4) is 0 Å². The minimum Gasteiger partial charge on any atom is -0.387 e. The highest BCUT2D eigenvalue weighted by atomic mass is 79.9. The van der Waals surface area contributed by atoms with Crippen LogP contribution in [-0.2, 0) is 7.05 Å². The molecule has 2 unspecified atom stereocenters. The normalized spacial score (nSPS) is 14.3. The highest BCUT2D eigenvalue weighted by Gasteiger charge is 2.14. The highest BCUT2D eigenvalue weighted by Crippen LogP contribution is 2.18. The molecule has 1 aromatic carbocycles. The second-order valence-corrected chi connectivity index (χ2v) is 5.42. The van der Waals surface area contributed by atoms with Crippen molar-refractivity contribution < 1.29 is 5.11 Å². The van der Waals surface area contributed by atoms with Crippen LogP contribution in [0.5, 0.6) is 0 Å². The number of nitrogens with zero attached hydrogens (tertiary/aromatic N) is 3. The van der Waals surface area contributed by atoms with Crippen molar-refractivity contribution in [2.45, 2.75) is 19.1 Å². The molecule has 6 heteroatoms. The number of aliphatic hydroxyl groups excluding tert-OH is 1. The minimum atomic E-state index is -0.548. The maximum Gasteiger partial charge on any atom is 0.149 e. The van der Waals surface area contributed by atoms with Gasteiger partial charge in [-0.1, -0.05) is 28.1 Å². The van der Waals surface area contributed by atoms with Gasteiger partial charge in [0.1, 0.15) is 12.2 Å². The molecule has 1 aromatic heterocycles. The van der Waals surface area contributed by atoms with Crippen molar-refractivity contribution in [1.82, 2.24) is 20.1 Å². The van der Waals surface area contributed by atoms with Crippen LogP contribution in [0.2, 0.25) is 0 Å². The van der Waals surface area contributed by atoms with Crippen LogP contribution in [0.25, 0.3) is 0 Å². The van der Waals surface area contributed by atoms with Gasteiger partial charge < -0.3 is 15.0 Å². The van der Waals surface area contributed by atoms with Crippen molar-refractivity contribution in [3.8, 4) is 0 Å². The molecular formula is C13H17BrN4O. The number of hydrogen-bond acceptors (Lipinski definition) is 4. The molecule has 1 heterocycles. The van der Waals surface area contributed by atoms with Gasteiger partial charge in [-0.2, -0.15) is 0 Å². The summed E-state index contributed by atoms with van der Waals surface area (Å²) in [6.07, 6.45) is 1.12. The average Bonchev–Trinajstić information content (AvgIpc) is 2.82. The summed E-state index contributed by atoms with van der Waals surface area (Å²) in [7, 11) is 1.90. The number of benzene rings is 1. The molecule has 102 valence electrons. The van der Waals surface area contributed by atoms with E-state index in [0.29, 0.717) is 6.54 Å². The van der Waals surface area contributed by atoms with E-state index in [4.69, 9.17) is 0 Å². The molecule has 0 saturated carbocycles. The van der Waals surface area contributed by atoms with E-state index in [1.54, 1.807) is 6.33 Å². The Labute approximate surface area is 120 Å². The van der Waals surface area contributed by atoms with E-state index in [9.17, 15) is 5.11 Å². The van der Waals surface area contributed by atoms with Crippen LogP contribution < -0.4 is 5.32 Å². The largest absolute Gasteiger partial charge is 0.387 e. The van der Waals surface area contributed by atoms with E-state index < -0.39 is 6.10 Å². The molecule has 5 nitrogen and oxygen atoms in total. The zero-order valence-electron chi connectivity index (χ0n) is 10.9. The predicted molar refractivity (Wildman–Crippen MR) is 76.5 cm³/mol. The topological polar surface area (TPSA) is 63.0 Å². The van der Waals surface area contributed by atoms with Gasteiger partial charge in [-0.25, -0.2) is 0 Å². The zero-order chi connectivity index (χ0) is 13.8. The summed E-state index contributed by atoms with van der Waals surface area (Å²) in [6, 6.07) is 7.71. The van der Waals surface area contributed by atoms with Crippen molar-refractivity contribution in [3.63, 3.8) is 0 Å². The van der Waals surface area contributed by atoms with Gasteiger partial charge in [0.15, 0.2) is 0 Å². The number of rotatable bonds is 5. The molecule has 0 radical (unpaired) electrons. The summed E-state index contributed by atoms with van der Waals surface area (Å²) in [5.74, 6) is 0.849. The molecule has 0 aliphatic carbocycles. The lowest BCUT2D eigenvalue weighted by Crippen LogP contribution is -2.26. The van der Waals surface area contributed by atoms with Gasteiger partial charge in [0.2, 0.25) is 0 Å². The first-order valence-electron chi connectivity index (χ1n) is 6.08. The fraction of sp³-hybridized carbons (Fsp3) is 0.385. The molecule has 2 rings (SSSR count). The van der Waals surface area contributed by atoms with Crippen molar-refractivity contribution >= 4 is 15.9 Å². The SMILES string of the molecule is CC(NCC(O)c1cccc(Br)c1)c1nncn1C. The third-order valence-corrected chi connectivity index (χ3v) is 3.48. The lowest BCUT2D eigenvalue weighted by molar-refractivity contribution is 0.170. The van der Waals surface area contributed by atoms with E-state index >= 15 is 0 Å².